The lowest BCUT2D eigenvalue weighted by atomic mass is 10.3. The summed E-state index contributed by atoms with van der Waals surface area (Å²) in [6.45, 7) is 1.30. The van der Waals surface area contributed by atoms with Crippen molar-refractivity contribution in [1.82, 2.24) is 9.97 Å². The Kier molecular flexibility index (Phi) is 3.03. The number of aromatic amines is 1. The van der Waals surface area contributed by atoms with E-state index in [0.29, 0.717) is 12.8 Å². The summed E-state index contributed by atoms with van der Waals surface area (Å²) in [4.78, 5) is 17.1. The van der Waals surface area contributed by atoms with E-state index in [0.717, 1.165) is 5.69 Å². The number of nitriles is 1. The highest BCUT2D eigenvalue weighted by Crippen LogP contribution is 2.06. The van der Waals surface area contributed by atoms with Crippen molar-refractivity contribution >= 4 is 5.97 Å². The van der Waals surface area contributed by atoms with Gasteiger partial charge in [0, 0.05) is 26.0 Å². The van der Waals surface area contributed by atoms with Gasteiger partial charge in [-0.2, -0.15) is 5.26 Å². The summed E-state index contributed by atoms with van der Waals surface area (Å²) in [6, 6.07) is 2.19. The summed E-state index contributed by atoms with van der Waals surface area (Å²) in [5, 5.41) is 8.31. The van der Waals surface area contributed by atoms with Gasteiger partial charge < -0.3 is 9.72 Å². The molecule has 0 radical (unpaired) electrons. The third kappa shape index (κ3) is 2.95. The van der Waals surface area contributed by atoms with Gasteiger partial charge in [-0.25, -0.2) is 4.98 Å². The minimum atomic E-state index is -0.416. The van der Waals surface area contributed by atoms with E-state index in [1.807, 2.05) is 6.07 Å². The Bertz CT molecular complexity index is 337. The van der Waals surface area contributed by atoms with Crippen LogP contribution < -0.4 is 4.74 Å². The second-order valence-corrected chi connectivity index (χ2v) is 2.45. The summed E-state index contributed by atoms with van der Waals surface area (Å²) >= 11 is 0. The van der Waals surface area contributed by atoms with Crippen LogP contribution in [0.2, 0.25) is 0 Å². The summed E-state index contributed by atoms with van der Waals surface area (Å²) < 4.78 is 4.69. The fourth-order valence-electron chi connectivity index (χ4n) is 0.840. The van der Waals surface area contributed by atoms with E-state index in [1.54, 1.807) is 6.20 Å². The average Bonchev–Trinajstić information content (AvgIpc) is 2.48. The third-order valence-electron chi connectivity index (χ3n) is 1.34. The van der Waals surface area contributed by atoms with Gasteiger partial charge in [-0.15, -0.1) is 0 Å². The van der Waals surface area contributed by atoms with Crippen molar-refractivity contribution in [3.05, 3.63) is 11.9 Å². The fourth-order valence-corrected chi connectivity index (χ4v) is 0.840. The smallest absolute Gasteiger partial charge is 0.310 e. The van der Waals surface area contributed by atoms with E-state index >= 15 is 0 Å². The van der Waals surface area contributed by atoms with Crippen LogP contribution in [0.4, 0.5) is 0 Å². The number of carbonyl (C=O) groups excluding carboxylic acids is 1. The first-order chi connectivity index (χ1) is 6.22. The third-order valence-corrected chi connectivity index (χ3v) is 1.34. The molecule has 0 spiro atoms. The first kappa shape index (κ1) is 9.26. The number of rotatable bonds is 3. The standard InChI is InChI=1S/C8H9N3O2/c1-6(12)13-8-10-5-7(11-8)3-2-4-9/h5H,2-3H2,1H3,(H,10,11). The molecule has 0 aromatic carbocycles. The van der Waals surface area contributed by atoms with E-state index in [9.17, 15) is 4.79 Å². The number of nitrogens with zero attached hydrogens (tertiary/aromatic N) is 2. The van der Waals surface area contributed by atoms with Crippen LogP contribution in [-0.2, 0) is 11.2 Å². The van der Waals surface area contributed by atoms with Gasteiger partial charge >= 0.3 is 12.0 Å². The van der Waals surface area contributed by atoms with Crippen molar-refractivity contribution in [1.29, 1.82) is 5.26 Å². The maximum absolute atomic E-state index is 10.5. The minimum absolute atomic E-state index is 0.181. The molecule has 5 heteroatoms. The molecule has 0 aliphatic carbocycles. The Labute approximate surface area is 75.4 Å². The molecular formula is C8H9N3O2. The SMILES string of the molecule is CC(=O)Oc1nc(CCC#N)c[nH]1. The van der Waals surface area contributed by atoms with E-state index in [-0.39, 0.29) is 6.01 Å². The monoisotopic (exact) mass is 179 g/mol. The number of aryl methyl sites for hydroxylation is 1. The van der Waals surface area contributed by atoms with E-state index in [1.165, 1.54) is 6.92 Å². The van der Waals surface area contributed by atoms with Crippen molar-refractivity contribution < 1.29 is 9.53 Å². The zero-order valence-corrected chi connectivity index (χ0v) is 7.20. The highest BCUT2D eigenvalue weighted by atomic mass is 16.5. The van der Waals surface area contributed by atoms with Crippen LogP contribution in [0, 0.1) is 11.3 Å². The number of ether oxygens (including phenoxy) is 1. The van der Waals surface area contributed by atoms with Gasteiger partial charge in [-0.1, -0.05) is 0 Å². The summed E-state index contributed by atoms with van der Waals surface area (Å²) in [5.74, 6) is -0.416. The average molecular weight is 179 g/mol. The number of imidazole rings is 1. The highest BCUT2D eigenvalue weighted by molar-refractivity contribution is 5.68. The van der Waals surface area contributed by atoms with E-state index in [4.69, 9.17) is 5.26 Å². The molecule has 0 aliphatic rings. The van der Waals surface area contributed by atoms with Crippen LogP contribution in [0.25, 0.3) is 0 Å². The maximum Gasteiger partial charge on any atom is 0.310 e. The topological polar surface area (TPSA) is 78.8 Å². The molecule has 68 valence electrons. The molecule has 0 aliphatic heterocycles. The van der Waals surface area contributed by atoms with Gasteiger partial charge in [0.05, 0.1) is 11.8 Å². The summed E-state index contributed by atoms with van der Waals surface area (Å²) in [7, 11) is 0. The molecule has 1 aromatic rings. The van der Waals surface area contributed by atoms with Crippen molar-refractivity contribution in [2.75, 3.05) is 0 Å². The van der Waals surface area contributed by atoms with Crippen LogP contribution in [-0.4, -0.2) is 15.9 Å². The van der Waals surface area contributed by atoms with Gasteiger partial charge in [0.25, 0.3) is 0 Å². The number of hydrogen-bond acceptors (Lipinski definition) is 4. The lowest BCUT2D eigenvalue weighted by molar-refractivity contribution is -0.132. The maximum atomic E-state index is 10.5. The van der Waals surface area contributed by atoms with Crippen LogP contribution in [0.15, 0.2) is 6.20 Å². The Morgan fingerprint density at radius 3 is 3.23 bits per heavy atom. The lowest BCUT2D eigenvalue weighted by Gasteiger charge is -1.92. The Hall–Kier alpha value is -1.83. The molecular weight excluding hydrogens is 170 g/mol. The molecule has 0 atom stereocenters. The van der Waals surface area contributed by atoms with Gasteiger partial charge in [0.1, 0.15) is 0 Å². The van der Waals surface area contributed by atoms with Gasteiger partial charge in [0.2, 0.25) is 0 Å². The number of carbonyl (C=O) groups is 1. The predicted octanol–water partition coefficient (Wildman–Crippen LogP) is 0.791. The Balaban J connectivity index is 2.54. The van der Waals surface area contributed by atoms with Crippen molar-refractivity contribution in [2.24, 2.45) is 0 Å². The fraction of sp³-hybridized carbons (Fsp3) is 0.375. The zero-order chi connectivity index (χ0) is 9.68. The molecule has 0 bridgehead atoms. The highest BCUT2D eigenvalue weighted by Gasteiger charge is 2.03. The Morgan fingerprint density at radius 2 is 2.62 bits per heavy atom. The van der Waals surface area contributed by atoms with E-state index < -0.39 is 5.97 Å². The molecule has 0 amide bonds. The lowest BCUT2D eigenvalue weighted by Crippen LogP contribution is -2.02. The molecule has 5 nitrogen and oxygen atoms in total. The number of nitrogens with one attached hydrogen (secondary N) is 1. The molecule has 1 rings (SSSR count). The molecule has 0 saturated heterocycles. The van der Waals surface area contributed by atoms with Crippen LogP contribution in [0.3, 0.4) is 0 Å². The van der Waals surface area contributed by atoms with Crippen molar-refractivity contribution in [3.63, 3.8) is 0 Å². The molecule has 1 N–H and O–H groups in total. The van der Waals surface area contributed by atoms with Gasteiger partial charge in [-0.05, 0) is 0 Å². The van der Waals surface area contributed by atoms with Crippen molar-refractivity contribution in [3.8, 4) is 12.1 Å². The molecule has 1 aromatic heterocycles. The first-order valence-electron chi connectivity index (χ1n) is 3.82. The second-order valence-electron chi connectivity index (χ2n) is 2.45. The van der Waals surface area contributed by atoms with Crippen LogP contribution in [0.5, 0.6) is 6.01 Å². The van der Waals surface area contributed by atoms with Crippen LogP contribution >= 0.6 is 0 Å². The molecule has 13 heavy (non-hydrogen) atoms. The van der Waals surface area contributed by atoms with Gasteiger partial charge in [0.15, 0.2) is 0 Å². The van der Waals surface area contributed by atoms with E-state index in [2.05, 4.69) is 14.7 Å². The number of esters is 1. The van der Waals surface area contributed by atoms with Crippen LogP contribution in [0.1, 0.15) is 19.0 Å². The quantitative estimate of drug-likeness (QED) is 0.696. The summed E-state index contributed by atoms with van der Waals surface area (Å²) in [5.41, 5.74) is 0.720. The number of hydrogen-bond donors (Lipinski definition) is 1. The normalized spacial score (nSPS) is 9.23. The largest absolute Gasteiger partial charge is 0.392 e. The first-order valence-corrected chi connectivity index (χ1v) is 3.82. The molecule has 0 saturated carbocycles. The molecule has 0 fully saturated rings. The van der Waals surface area contributed by atoms with Crippen molar-refractivity contribution in [2.45, 2.75) is 19.8 Å². The second kappa shape index (κ2) is 4.26. The molecule has 0 unspecified atom stereocenters. The zero-order valence-electron chi connectivity index (χ0n) is 7.20. The Morgan fingerprint density at radius 1 is 1.85 bits per heavy atom. The summed E-state index contributed by atoms with van der Waals surface area (Å²) in [6.07, 6.45) is 2.59. The minimum Gasteiger partial charge on any atom is -0.392 e. The predicted molar refractivity (Wildman–Crippen MR) is 43.8 cm³/mol. The number of aromatic nitrogens is 2. The molecule has 1 heterocycles. The van der Waals surface area contributed by atoms with Gasteiger partial charge in [-0.3, -0.25) is 4.79 Å². The number of H-pyrrole nitrogens is 1.